The van der Waals surface area contributed by atoms with Gasteiger partial charge in [0.15, 0.2) is 6.10 Å². The second-order valence-corrected chi connectivity index (χ2v) is 6.68. The van der Waals surface area contributed by atoms with Gasteiger partial charge in [-0.2, -0.15) is 0 Å². The van der Waals surface area contributed by atoms with Gasteiger partial charge in [-0.1, -0.05) is 30.3 Å². The first-order chi connectivity index (χ1) is 11.6. The summed E-state index contributed by atoms with van der Waals surface area (Å²) < 4.78 is 5.34. The van der Waals surface area contributed by atoms with Crippen molar-refractivity contribution in [3.05, 3.63) is 65.2 Å². The summed E-state index contributed by atoms with van der Waals surface area (Å²) >= 11 is 1.68. The molecule has 1 aliphatic heterocycles. The molecule has 1 aliphatic rings. The lowest BCUT2D eigenvalue weighted by atomic mass is 9.98. The van der Waals surface area contributed by atoms with Gasteiger partial charge in [0, 0.05) is 24.9 Å². The molecule has 0 spiro atoms. The molecule has 5 heteroatoms. The van der Waals surface area contributed by atoms with Crippen LogP contribution in [0.3, 0.4) is 0 Å². The van der Waals surface area contributed by atoms with E-state index >= 15 is 0 Å². The van der Waals surface area contributed by atoms with E-state index in [9.17, 15) is 9.59 Å². The normalized spacial score (nSPS) is 16.2. The number of amides is 1. The minimum Gasteiger partial charge on any atom is -0.448 e. The third-order valence-corrected chi connectivity index (χ3v) is 4.87. The number of carbonyl (C=O) groups excluding carboxylic acids is 2. The van der Waals surface area contributed by atoms with Gasteiger partial charge in [-0.3, -0.25) is 4.79 Å². The molecule has 0 radical (unpaired) electrons. The number of hydrogen-bond acceptors (Lipinski definition) is 4. The zero-order valence-electron chi connectivity index (χ0n) is 13.7. The van der Waals surface area contributed by atoms with E-state index in [2.05, 4.69) is 0 Å². The van der Waals surface area contributed by atoms with Crippen LogP contribution >= 0.6 is 11.8 Å². The van der Waals surface area contributed by atoms with Gasteiger partial charge in [-0.25, -0.2) is 4.79 Å². The van der Waals surface area contributed by atoms with E-state index in [1.54, 1.807) is 35.8 Å². The minimum absolute atomic E-state index is 0.174. The molecule has 0 saturated carbocycles. The van der Waals surface area contributed by atoms with Crippen LogP contribution in [0.5, 0.6) is 0 Å². The third-order valence-electron chi connectivity index (χ3n) is 4.12. The summed E-state index contributed by atoms with van der Waals surface area (Å²) in [7, 11) is 1.74. The number of fused-ring (bicyclic) bond motifs is 1. The van der Waals surface area contributed by atoms with Crippen molar-refractivity contribution in [1.82, 2.24) is 4.90 Å². The van der Waals surface area contributed by atoms with Crippen LogP contribution in [-0.2, 0) is 22.5 Å². The Kier molecular flexibility index (Phi) is 4.90. The Morgan fingerprint density at radius 3 is 2.62 bits per heavy atom. The van der Waals surface area contributed by atoms with Gasteiger partial charge in [-0.05, 0) is 35.6 Å². The van der Waals surface area contributed by atoms with Crippen LogP contribution in [0.4, 0.5) is 0 Å². The van der Waals surface area contributed by atoms with Crippen molar-refractivity contribution in [2.75, 3.05) is 13.3 Å². The SMILES string of the molecule is CSc1ccc(CN(C)C(=O)C2Cc3ccccc3C(=O)O2)cc1. The predicted molar refractivity (Wildman–Crippen MR) is 94.0 cm³/mol. The maximum absolute atomic E-state index is 12.6. The van der Waals surface area contributed by atoms with Gasteiger partial charge in [0.05, 0.1) is 5.56 Å². The van der Waals surface area contributed by atoms with Gasteiger partial charge in [-0.15, -0.1) is 11.8 Å². The Hall–Kier alpha value is -2.27. The zero-order valence-corrected chi connectivity index (χ0v) is 14.5. The zero-order chi connectivity index (χ0) is 17.1. The number of hydrogen-bond donors (Lipinski definition) is 0. The van der Waals surface area contributed by atoms with Crippen LogP contribution < -0.4 is 0 Å². The molecular formula is C19H19NO3S. The lowest BCUT2D eigenvalue weighted by molar-refractivity contribution is -0.140. The number of esters is 1. The largest absolute Gasteiger partial charge is 0.448 e. The van der Waals surface area contributed by atoms with Crippen LogP contribution in [0.2, 0.25) is 0 Å². The van der Waals surface area contributed by atoms with Crippen LogP contribution in [0.15, 0.2) is 53.4 Å². The molecule has 0 fully saturated rings. The second kappa shape index (κ2) is 7.09. The first-order valence-corrected chi connectivity index (χ1v) is 8.97. The van der Waals surface area contributed by atoms with E-state index in [1.165, 1.54) is 4.90 Å². The highest BCUT2D eigenvalue weighted by Crippen LogP contribution is 2.22. The van der Waals surface area contributed by atoms with Crippen molar-refractivity contribution in [3.63, 3.8) is 0 Å². The number of ether oxygens (including phenoxy) is 1. The summed E-state index contributed by atoms with van der Waals surface area (Å²) in [5.74, 6) is -0.597. The number of carbonyl (C=O) groups is 2. The molecule has 24 heavy (non-hydrogen) atoms. The third kappa shape index (κ3) is 3.46. The summed E-state index contributed by atoms with van der Waals surface area (Å²) in [4.78, 5) is 27.5. The lowest BCUT2D eigenvalue weighted by Crippen LogP contribution is -2.42. The molecule has 4 nitrogen and oxygen atoms in total. The van der Waals surface area contributed by atoms with Crippen molar-refractivity contribution in [2.45, 2.75) is 24.0 Å². The van der Waals surface area contributed by atoms with E-state index in [0.717, 1.165) is 11.1 Å². The fraction of sp³-hybridized carbons (Fsp3) is 0.263. The van der Waals surface area contributed by atoms with Crippen molar-refractivity contribution in [3.8, 4) is 0 Å². The maximum atomic E-state index is 12.6. The van der Waals surface area contributed by atoms with Crippen molar-refractivity contribution >= 4 is 23.6 Å². The quantitative estimate of drug-likeness (QED) is 0.633. The Morgan fingerprint density at radius 2 is 1.92 bits per heavy atom. The Balaban J connectivity index is 1.68. The summed E-state index contributed by atoms with van der Waals surface area (Å²) in [5.41, 5.74) is 2.47. The molecule has 1 unspecified atom stereocenters. The van der Waals surface area contributed by atoms with E-state index < -0.39 is 12.1 Å². The molecular weight excluding hydrogens is 322 g/mol. The minimum atomic E-state index is -0.747. The van der Waals surface area contributed by atoms with Crippen molar-refractivity contribution in [1.29, 1.82) is 0 Å². The lowest BCUT2D eigenvalue weighted by Gasteiger charge is -2.27. The van der Waals surface area contributed by atoms with Gasteiger partial charge in [0.1, 0.15) is 0 Å². The average molecular weight is 341 g/mol. The van der Waals surface area contributed by atoms with Crippen LogP contribution in [-0.4, -0.2) is 36.2 Å². The number of thioether (sulfide) groups is 1. The Bertz CT molecular complexity index is 757. The molecule has 124 valence electrons. The number of likely N-dealkylation sites (N-methyl/N-ethyl adjacent to an activating group) is 1. The molecule has 0 bridgehead atoms. The molecule has 1 atom stereocenters. The van der Waals surface area contributed by atoms with Crippen LogP contribution in [0, 0.1) is 0 Å². The monoisotopic (exact) mass is 341 g/mol. The molecule has 0 N–H and O–H groups in total. The number of cyclic esters (lactones) is 1. The highest BCUT2D eigenvalue weighted by molar-refractivity contribution is 7.98. The van der Waals surface area contributed by atoms with Gasteiger partial charge in [0.25, 0.3) is 5.91 Å². The highest BCUT2D eigenvalue weighted by Gasteiger charge is 2.32. The molecule has 2 aromatic rings. The predicted octanol–water partition coefficient (Wildman–Crippen LogP) is 3.15. The maximum Gasteiger partial charge on any atom is 0.339 e. The van der Waals surface area contributed by atoms with Crippen molar-refractivity contribution in [2.24, 2.45) is 0 Å². The molecule has 2 aromatic carbocycles. The van der Waals surface area contributed by atoms with Gasteiger partial charge < -0.3 is 9.64 Å². The van der Waals surface area contributed by atoms with E-state index in [0.29, 0.717) is 18.5 Å². The summed E-state index contributed by atoms with van der Waals surface area (Å²) in [6.45, 7) is 0.489. The Morgan fingerprint density at radius 1 is 1.21 bits per heavy atom. The molecule has 0 aromatic heterocycles. The van der Waals surface area contributed by atoms with E-state index in [-0.39, 0.29) is 5.91 Å². The molecule has 0 aliphatic carbocycles. The second-order valence-electron chi connectivity index (χ2n) is 5.80. The first-order valence-electron chi connectivity index (χ1n) is 7.75. The molecule has 1 amide bonds. The molecule has 0 saturated heterocycles. The van der Waals surface area contributed by atoms with Crippen LogP contribution in [0.25, 0.3) is 0 Å². The fourth-order valence-electron chi connectivity index (χ4n) is 2.80. The van der Waals surface area contributed by atoms with E-state index in [1.807, 2.05) is 42.7 Å². The molecule has 3 rings (SSSR count). The summed E-state index contributed by atoms with van der Waals surface area (Å²) in [6.07, 6.45) is 1.71. The van der Waals surface area contributed by atoms with Crippen molar-refractivity contribution < 1.29 is 14.3 Å². The topological polar surface area (TPSA) is 46.6 Å². The van der Waals surface area contributed by atoms with Gasteiger partial charge in [0.2, 0.25) is 0 Å². The number of benzene rings is 2. The summed E-state index contributed by atoms with van der Waals surface area (Å²) in [5, 5.41) is 0. The van der Waals surface area contributed by atoms with E-state index in [4.69, 9.17) is 4.74 Å². The standard InChI is InChI=1S/C19H19NO3S/c1-20(12-13-7-9-15(24-2)10-8-13)18(21)17-11-14-5-3-4-6-16(14)19(22)23-17/h3-10,17H,11-12H2,1-2H3. The number of nitrogens with zero attached hydrogens (tertiary/aromatic N) is 1. The fourth-order valence-corrected chi connectivity index (χ4v) is 3.21. The van der Waals surface area contributed by atoms with Gasteiger partial charge >= 0.3 is 5.97 Å². The molecule has 1 heterocycles. The first kappa shape index (κ1) is 16.6. The highest BCUT2D eigenvalue weighted by atomic mass is 32.2. The smallest absolute Gasteiger partial charge is 0.339 e. The Labute approximate surface area is 145 Å². The number of rotatable bonds is 4. The summed E-state index contributed by atoms with van der Waals surface area (Å²) in [6, 6.07) is 15.4. The van der Waals surface area contributed by atoms with Crippen LogP contribution in [0.1, 0.15) is 21.5 Å². The average Bonchev–Trinajstić information content (AvgIpc) is 2.61.